The molecular formula is C12H24N2S. The van der Waals surface area contributed by atoms with Crippen molar-refractivity contribution in [3.05, 3.63) is 0 Å². The lowest BCUT2D eigenvalue weighted by molar-refractivity contribution is 0.585. The third kappa shape index (κ3) is 10.1. The van der Waals surface area contributed by atoms with Gasteiger partial charge in [-0.2, -0.15) is 17.0 Å². The summed E-state index contributed by atoms with van der Waals surface area (Å²) in [5.41, 5.74) is 0. The number of nitrogens with zero attached hydrogens (tertiary/aromatic N) is 1. The monoisotopic (exact) mass is 228 g/mol. The zero-order valence-corrected chi connectivity index (χ0v) is 11.1. The first-order chi connectivity index (χ1) is 7.20. The first-order valence-electron chi connectivity index (χ1n) is 5.91. The molecule has 0 saturated carbocycles. The minimum Gasteiger partial charge on any atom is -0.302 e. The standard InChI is InChI=1S/C12H24N2S/c1-4-7-14-12(10-13)6-9-15-8-5-11(2)3/h11-12,14H,4-9H2,1-3H3. The van der Waals surface area contributed by atoms with Crippen molar-refractivity contribution in [3.8, 4) is 6.07 Å². The zero-order chi connectivity index (χ0) is 11.5. The summed E-state index contributed by atoms with van der Waals surface area (Å²) in [5, 5.41) is 12.1. The minimum absolute atomic E-state index is 0.0523. The largest absolute Gasteiger partial charge is 0.302 e. The van der Waals surface area contributed by atoms with E-state index in [0.717, 1.165) is 31.1 Å². The van der Waals surface area contributed by atoms with E-state index in [4.69, 9.17) is 5.26 Å². The highest BCUT2D eigenvalue weighted by molar-refractivity contribution is 7.99. The van der Waals surface area contributed by atoms with Gasteiger partial charge in [0, 0.05) is 0 Å². The van der Waals surface area contributed by atoms with Crippen molar-refractivity contribution >= 4 is 11.8 Å². The summed E-state index contributed by atoms with van der Waals surface area (Å²) in [7, 11) is 0. The molecule has 0 aromatic rings. The lowest BCUT2D eigenvalue weighted by Crippen LogP contribution is -2.28. The van der Waals surface area contributed by atoms with Crippen molar-refractivity contribution < 1.29 is 0 Å². The summed E-state index contributed by atoms with van der Waals surface area (Å²) in [6.45, 7) is 7.58. The van der Waals surface area contributed by atoms with Crippen molar-refractivity contribution in [1.29, 1.82) is 5.26 Å². The minimum atomic E-state index is 0.0523. The first kappa shape index (κ1) is 14.8. The summed E-state index contributed by atoms with van der Waals surface area (Å²) in [5.74, 6) is 3.12. The molecule has 0 bridgehead atoms. The van der Waals surface area contributed by atoms with E-state index in [1.165, 1.54) is 12.2 Å². The molecule has 0 rings (SSSR count). The van der Waals surface area contributed by atoms with Crippen LogP contribution in [0.2, 0.25) is 0 Å². The van der Waals surface area contributed by atoms with Crippen molar-refractivity contribution in [3.63, 3.8) is 0 Å². The average molecular weight is 228 g/mol. The van der Waals surface area contributed by atoms with Crippen LogP contribution in [0.1, 0.15) is 40.0 Å². The third-order valence-corrected chi connectivity index (χ3v) is 3.24. The summed E-state index contributed by atoms with van der Waals surface area (Å²) < 4.78 is 0. The van der Waals surface area contributed by atoms with Gasteiger partial charge in [-0.15, -0.1) is 0 Å². The van der Waals surface area contributed by atoms with Gasteiger partial charge in [-0.3, -0.25) is 0 Å². The molecular weight excluding hydrogens is 204 g/mol. The lowest BCUT2D eigenvalue weighted by Gasteiger charge is -2.10. The maximum absolute atomic E-state index is 8.88. The van der Waals surface area contributed by atoms with Crippen LogP contribution in [0, 0.1) is 17.2 Å². The Morgan fingerprint density at radius 1 is 1.27 bits per heavy atom. The maximum atomic E-state index is 8.88. The molecule has 0 aromatic carbocycles. The van der Waals surface area contributed by atoms with Crippen molar-refractivity contribution in [2.75, 3.05) is 18.1 Å². The molecule has 0 fully saturated rings. The fraction of sp³-hybridized carbons (Fsp3) is 0.917. The topological polar surface area (TPSA) is 35.8 Å². The number of rotatable bonds is 9. The smallest absolute Gasteiger partial charge is 0.0960 e. The number of hydrogen-bond acceptors (Lipinski definition) is 3. The zero-order valence-electron chi connectivity index (χ0n) is 10.3. The van der Waals surface area contributed by atoms with E-state index in [9.17, 15) is 0 Å². The molecule has 0 heterocycles. The molecule has 2 nitrogen and oxygen atoms in total. The molecule has 15 heavy (non-hydrogen) atoms. The van der Waals surface area contributed by atoms with Gasteiger partial charge in [0.25, 0.3) is 0 Å². The summed E-state index contributed by atoms with van der Waals surface area (Å²) in [6, 6.07) is 2.36. The number of nitrogens with one attached hydrogen (secondary N) is 1. The van der Waals surface area contributed by atoms with E-state index in [1.54, 1.807) is 0 Å². The molecule has 88 valence electrons. The number of thioether (sulfide) groups is 1. The predicted molar refractivity (Wildman–Crippen MR) is 69.1 cm³/mol. The van der Waals surface area contributed by atoms with Crippen LogP contribution >= 0.6 is 11.8 Å². The van der Waals surface area contributed by atoms with E-state index in [1.807, 2.05) is 11.8 Å². The van der Waals surface area contributed by atoms with Crippen LogP contribution in [0.15, 0.2) is 0 Å². The van der Waals surface area contributed by atoms with E-state index in [2.05, 4.69) is 32.2 Å². The Morgan fingerprint density at radius 2 is 1.93 bits per heavy atom. The Hall–Kier alpha value is -0.200. The Labute approximate surface area is 98.8 Å². The Balaban J connectivity index is 3.35. The second-order valence-corrected chi connectivity index (χ2v) is 5.44. The molecule has 0 saturated heterocycles. The van der Waals surface area contributed by atoms with Gasteiger partial charge in [-0.25, -0.2) is 0 Å². The maximum Gasteiger partial charge on any atom is 0.0960 e. The van der Waals surface area contributed by atoms with Gasteiger partial charge in [0.1, 0.15) is 0 Å². The highest BCUT2D eigenvalue weighted by atomic mass is 32.2. The fourth-order valence-electron chi connectivity index (χ4n) is 1.15. The average Bonchev–Trinajstić information content (AvgIpc) is 2.21. The normalized spacial score (nSPS) is 12.7. The molecule has 1 atom stereocenters. The summed E-state index contributed by atoms with van der Waals surface area (Å²) in [6.07, 6.45) is 3.35. The second-order valence-electron chi connectivity index (χ2n) is 4.22. The van der Waals surface area contributed by atoms with Crippen molar-refractivity contribution in [1.82, 2.24) is 5.32 Å². The first-order valence-corrected chi connectivity index (χ1v) is 7.06. The Bertz CT molecular complexity index is 175. The molecule has 0 aliphatic carbocycles. The Kier molecular flexibility index (Phi) is 10.2. The molecule has 1 unspecified atom stereocenters. The van der Waals surface area contributed by atoms with E-state index < -0.39 is 0 Å². The molecule has 0 amide bonds. The summed E-state index contributed by atoms with van der Waals surface area (Å²) in [4.78, 5) is 0. The van der Waals surface area contributed by atoms with Crippen LogP contribution in [0.4, 0.5) is 0 Å². The fourth-order valence-corrected chi connectivity index (χ4v) is 2.40. The van der Waals surface area contributed by atoms with Crippen LogP contribution in [-0.4, -0.2) is 24.1 Å². The van der Waals surface area contributed by atoms with E-state index >= 15 is 0 Å². The van der Waals surface area contributed by atoms with Crippen molar-refractivity contribution in [2.24, 2.45) is 5.92 Å². The van der Waals surface area contributed by atoms with Gasteiger partial charge in [0.15, 0.2) is 0 Å². The van der Waals surface area contributed by atoms with Gasteiger partial charge in [0.05, 0.1) is 12.1 Å². The van der Waals surface area contributed by atoms with Gasteiger partial charge >= 0.3 is 0 Å². The molecule has 0 aliphatic heterocycles. The van der Waals surface area contributed by atoms with Gasteiger partial charge in [0.2, 0.25) is 0 Å². The van der Waals surface area contributed by atoms with Gasteiger partial charge < -0.3 is 5.32 Å². The van der Waals surface area contributed by atoms with Gasteiger partial charge in [-0.1, -0.05) is 20.8 Å². The summed E-state index contributed by atoms with van der Waals surface area (Å²) >= 11 is 1.97. The molecule has 3 heteroatoms. The molecule has 0 radical (unpaired) electrons. The lowest BCUT2D eigenvalue weighted by atomic mass is 10.2. The van der Waals surface area contributed by atoms with Crippen molar-refractivity contribution in [2.45, 2.75) is 46.1 Å². The van der Waals surface area contributed by atoms with E-state index in [0.29, 0.717) is 0 Å². The predicted octanol–water partition coefficient (Wildman–Crippen LogP) is 3.05. The molecule has 0 spiro atoms. The van der Waals surface area contributed by atoms with Crippen LogP contribution in [0.3, 0.4) is 0 Å². The third-order valence-electron chi connectivity index (χ3n) is 2.19. The highest BCUT2D eigenvalue weighted by Gasteiger charge is 2.04. The van der Waals surface area contributed by atoms with Crippen LogP contribution in [0.25, 0.3) is 0 Å². The number of hydrogen-bond donors (Lipinski definition) is 1. The number of nitriles is 1. The highest BCUT2D eigenvalue weighted by Crippen LogP contribution is 2.10. The SMILES string of the molecule is CCCNC(C#N)CCSCCC(C)C. The molecule has 0 aliphatic rings. The molecule has 0 aromatic heterocycles. The van der Waals surface area contributed by atoms with Crippen LogP contribution < -0.4 is 5.32 Å². The van der Waals surface area contributed by atoms with Crippen LogP contribution in [-0.2, 0) is 0 Å². The van der Waals surface area contributed by atoms with Crippen LogP contribution in [0.5, 0.6) is 0 Å². The second kappa shape index (κ2) is 10.3. The van der Waals surface area contributed by atoms with Gasteiger partial charge in [-0.05, 0) is 43.2 Å². The van der Waals surface area contributed by atoms with E-state index in [-0.39, 0.29) is 6.04 Å². The Morgan fingerprint density at radius 3 is 2.47 bits per heavy atom. The quantitative estimate of drug-likeness (QED) is 0.616. The molecule has 1 N–H and O–H groups in total.